The number of nitrogens with zero attached hydrogens (tertiary/aromatic N) is 11. The highest BCUT2D eigenvalue weighted by molar-refractivity contribution is 6.23. The zero-order valence-corrected chi connectivity index (χ0v) is 37.9. The van der Waals surface area contributed by atoms with Gasteiger partial charge >= 0.3 is 0 Å². The van der Waals surface area contributed by atoms with Crippen molar-refractivity contribution in [2.75, 3.05) is 74.4 Å². The third kappa shape index (κ3) is 8.58. The maximum atomic E-state index is 13.7. The van der Waals surface area contributed by atoms with Crippen molar-refractivity contribution in [1.29, 1.82) is 0 Å². The molecule has 3 aromatic carbocycles. The lowest BCUT2D eigenvalue weighted by Crippen LogP contribution is -2.54. The fourth-order valence-electron chi connectivity index (χ4n) is 10.4. The second-order valence-electron chi connectivity index (χ2n) is 18.4. The predicted molar refractivity (Wildman–Crippen MR) is 255 cm³/mol. The molecule has 1 unspecified atom stereocenters. The lowest BCUT2D eigenvalue weighted by Gasteiger charge is -2.39. The Labute approximate surface area is 397 Å². The zero-order chi connectivity index (χ0) is 47.2. The van der Waals surface area contributed by atoms with E-state index in [1.807, 2.05) is 76.3 Å². The van der Waals surface area contributed by atoms with Crippen molar-refractivity contribution < 1.29 is 28.7 Å². The van der Waals surface area contributed by atoms with Crippen molar-refractivity contribution in [2.24, 2.45) is 5.92 Å². The number of carbonyl (C=O) groups is 5. The van der Waals surface area contributed by atoms with Crippen LogP contribution in [-0.2, 0) is 9.59 Å². The Bertz CT molecular complexity index is 2940. The molecule has 0 aliphatic carbocycles. The summed E-state index contributed by atoms with van der Waals surface area (Å²) in [5.74, 6) is 0.983. The Kier molecular flexibility index (Phi) is 11.6. The van der Waals surface area contributed by atoms with Crippen LogP contribution in [0, 0.1) is 5.92 Å². The van der Waals surface area contributed by atoms with Gasteiger partial charge in [-0.1, -0.05) is 18.2 Å². The van der Waals surface area contributed by atoms with Crippen molar-refractivity contribution in [2.45, 2.75) is 50.6 Å². The number of piperazine rings is 1. The summed E-state index contributed by atoms with van der Waals surface area (Å²) in [6.45, 7) is 7.07. The van der Waals surface area contributed by atoms with E-state index in [1.165, 1.54) is 6.33 Å². The van der Waals surface area contributed by atoms with Gasteiger partial charge in [0.1, 0.15) is 35.4 Å². The van der Waals surface area contributed by atoms with Crippen LogP contribution >= 0.6 is 0 Å². The Balaban J connectivity index is 0.646. The molecule has 0 saturated carbocycles. The van der Waals surface area contributed by atoms with Crippen molar-refractivity contribution in [3.05, 3.63) is 108 Å². The Hall–Kier alpha value is -7.80. The highest BCUT2D eigenvalue weighted by atomic mass is 16.5. The third-order valence-electron chi connectivity index (χ3n) is 14.2. The van der Waals surface area contributed by atoms with Gasteiger partial charge in [-0.25, -0.2) is 14.6 Å². The Morgan fingerprint density at radius 1 is 0.725 bits per heavy atom. The van der Waals surface area contributed by atoms with E-state index in [1.54, 1.807) is 18.2 Å². The topological polar surface area (TPSA) is 218 Å². The van der Waals surface area contributed by atoms with Crippen LogP contribution in [0.1, 0.15) is 75.8 Å². The number of hydrogen-bond acceptors (Lipinski definition) is 15. The number of para-hydroxylation sites is 1. The van der Waals surface area contributed by atoms with Crippen molar-refractivity contribution in [1.82, 2.24) is 50.0 Å². The summed E-state index contributed by atoms with van der Waals surface area (Å²) < 4.78 is 7.93. The number of hydrogen-bond donors (Lipinski definition) is 2. The van der Waals surface area contributed by atoms with E-state index in [0.29, 0.717) is 71.4 Å². The molecule has 4 fully saturated rings. The summed E-state index contributed by atoms with van der Waals surface area (Å²) in [6.07, 6.45) is 5.07. The van der Waals surface area contributed by atoms with Gasteiger partial charge in [0.2, 0.25) is 11.8 Å². The molecular weight excluding hydrogens is 879 g/mol. The van der Waals surface area contributed by atoms with Gasteiger partial charge in [0.25, 0.3) is 17.7 Å². The maximum absolute atomic E-state index is 13.7. The van der Waals surface area contributed by atoms with E-state index in [9.17, 15) is 24.0 Å². The van der Waals surface area contributed by atoms with E-state index < -0.39 is 29.7 Å². The SMILES string of the molecule is Nc1ncnc2c1c(-c1ccc(Oc3ccccc3)cc1)nn2C1CCN(C(=O)c2ccc(N3CCC(CN4CCN(c5ccc6c(c5)C(=O)N(C5CCC(=O)NC5=O)C6=O)CC4)CC3)nn2)CC1. The van der Waals surface area contributed by atoms with Gasteiger partial charge in [0.05, 0.1) is 22.6 Å². The molecule has 352 valence electrons. The van der Waals surface area contributed by atoms with Gasteiger partial charge in [0, 0.05) is 76.6 Å². The average Bonchev–Trinajstić information content (AvgIpc) is 3.89. The second-order valence-corrected chi connectivity index (χ2v) is 18.4. The van der Waals surface area contributed by atoms with Crippen LogP contribution < -0.4 is 25.6 Å². The highest BCUT2D eigenvalue weighted by Crippen LogP contribution is 2.36. The van der Waals surface area contributed by atoms with Gasteiger partial charge < -0.3 is 25.2 Å². The smallest absolute Gasteiger partial charge is 0.274 e. The molecule has 8 heterocycles. The third-order valence-corrected chi connectivity index (χ3v) is 14.2. The molecule has 11 rings (SSSR count). The molecule has 0 radical (unpaired) electrons. The minimum absolute atomic E-state index is 0.00167. The number of nitrogens with one attached hydrogen (secondary N) is 1. The number of amides is 5. The summed E-state index contributed by atoms with van der Waals surface area (Å²) in [7, 11) is 0. The number of fused-ring (bicyclic) bond motifs is 2. The number of benzene rings is 3. The second kappa shape index (κ2) is 18.4. The van der Waals surface area contributed by atoms with Crippen molar-refractivity contribution in [3.8, 4) is 22.8 Å². The van der Waals surface area contributed by atoms with E-state index in [4.69, 9.17) is 15.6 Å². The number of rotatable bonds is 10. The van der Waals surface area contributed by atoms with Crippen LogP contribution in [0.25, 0.3) is 22.3 Å². The average molecular weight is 930 g/mol. The number of aromatic nitrogens is 6. The molecule has 1 atom stereocenters. The monoisotopic (exact) mass is 929 g/mol. The Morgan fingerprint density at radius 3 is 2.19 bits per heavy atom. The molecule has 19 heteroatoms. The van der Waals surface area contributed by atoms with Crippen molar-refractivity contribution >= 4 is 57.9 Å². The first kappa shape index (κ1) is 43.8. The number of piperidine rings is 3. The quantitative estimate of drug-likeness (QED) is 0.180. The molecule has 0 bridgehead atoms. The number of imide groups is 2. The summed E-state index contributed by atoms with van der Waals surface area (Å²) >= 11 is 0. The van der Waals surface area contributed by atoms with Crippen LogP contribution in [0.3, 0.4) is 0 Å². The molecule has 19 nitrogen and oxygen atoms in total. The van der Waals surface area contributed by atoms with E-state index in [0.717, 1.165) is 86.4 Å². The van der Waals surface area contributed by atoms with Gasteiger partial charge in [-0.2, -0.15) is 5.10 Å². The molecule has 3 aromatic heterocycles. The van der Waals surface area contributed by atoms with Crippen molar-refractivity contribution in [3.63, 3.8) is 0 Å². The van der Waals surface area contributed by atoms with E-state index in [-0.39, 0.29) is 30.4 Å². The molecule has 5 amide bonds. The van der Waals surface area contributed by atoms with Gasteiger partial charge in [-0.05, 0) is 105 Å². The van der Waals surface area contributed by atoms with Crippen LogP contribution in [0.2, 0.25) is 0 Å². The van der Waals surface area contributed by atoms with Crippen LogP contribution in [-0.4, -0.2) is 139 Å². The normalized spacial score (nSPS) is 19.6. The number of likely N-dealkylation sites (tertiary alicyclic amines) is 1. The first-order valence-corrected chi connectivity index (χ1v) is 23.7. The highest BCUT2D eigenvalue weighted by Gasteiger charge is 2.45. The fourth-order valence-corrected chi connectivity index (χ4v) is 10.4. The summed E-state index contributed by atoms with van der Waals surface area (Å²) in [4.78, 5) is 83.1. The number of anilines is 3. The zero-order valence-electron chi connectivity index (χ0n) is 37.9. The Morgan fingerprint density at radius 2 is 1.46 bits per heavy atom. The first-order chi connectivity index (χ1) is 33.6. The fraction of sp³-hybridized carbons (Fsp3) is 0.360. The van der Waals surface area contributed by atoms with E-state index >= 15 is 0 Å². The van der Waals surface area contributed by atoms with Crippen LogP contribution in [0.15, 0.2) is 91.3 Å². The minimum Gasteiger partial charge on any atom is -0.457 e. The molecule has 5 aliphatic heterocycles. The number of ether oxygens (including phenoxy) is 1. The minimum atomic E-state index is -0.983. The van der Waals surface area contributed by atoms with Gasteiger partial charge in [0.15, 0.2) is 17.2 Å². The molecule has 4 saturated heterocycles. The van der Waals surface area contributed by atoms with Crippen LogP contribution in [0.4, 0.5) is 17.3 Å². The lowest BCUT2D eigenvalue weighted by molar-refractivity contribution is -0.136. The number of nitrogens with two attached hydrogens (primary N) is 1. The van der Waals surface area contributed by atoms with Crippen LogP contribution in [0.5, 0.6) is 11.5 Å². The first-order valence-electron chi connectivity index (χ1n) is 23.7. The number of nitrogen functional groups attached to an aromatic ring is 1. The molecular formula is C50H51N13O6. The summed E-state index contributed by atoms with van der Waals surface area (Å²) in [5, 5.41) is 16.9. The molecule has 5 aliphatic rings. The van der Waals surface area contributed by atoms with Gasteiger partial charge in [-0.15, -0.1) is 10.2 Å². The largest absolute Gasteiger partial charge is 0.457 e. The van der Waals surface area contributed by atoms with Gasteiger partial charge in [-0.3, -0.25) is 39.1 Å². The number of carbonyl (C=O) groups excluding carboxylic acids is 5. The van der Waals surface area contributed by atoms with E-state index in [2.05, 4.69) is 40.2 Å². The summed E-state index contributed by atoms with van der Waals surface area (Å²) in [6, 6.07) is 25.4. The standard InChI is InChI=1S/C50H51N13O6/c51-45-43-44(32-6-9-36(10-7-32)69-35-4-2-1-3-5-35)57-63(46(43)53-30-52-45)33-18-22-61(23-19-33)50(68)39-12-14-41(56-55-39)60-20-16-31(17-21-60)29-58-24-26-59(27-25-58)34-8-11-37-38(28-34)49(67)62(48(37)66)40-13-15-42(64)54-47(40)65/h1-12,14,28,30-31,33,40H,13,15-27,29H2,(H2,51,52,53)(H,54,64,65). The molecule has 6 aromatic rings. The molecule has 69 heavy (non-hydrogen) atoms. The maximum Gasteiger partial charge on any atom is 0.274 e. The predicted octanol–water partition coefficient (Wildman–Crippen LogP) is 4.57. The molecule has 0 spiro atoms. The lowest BCUT2D eigenvalue weighted by atomic mass is 9.96. The summed E-state index contributed by atoms with van der Waals surface area (Å²) in [5.41, 5.74) is 10.4. The molecule has 3 N–H and O–H groups in total.